The van der Waals surface area contributed by atoms with Crippen LogP contribution in [-0.4, -0.2) is 39.3 Å². The van der Waals surface area contributed by atoms with Gasteiger partial charge in [-0.3, -0.25) is 14.1 Å². The Morgan fingerprint density at radius 1 is 1.40 bits per heavy atom. The molecule has 104 valence electrons. The Kier molecular flexibility index (Phi) is 2.57. The average Bonchev–Trinajstić information content (AvgIpc) is 3.13. The largest absolute Gasteiger partial charge is 0.309 e. The normalized spacial score (nSPS) is 28.1. The van der Waals surface area contributed by atoms with Crippen molar-refractivity contribution in [3.63, 3.8) is 0 Å². The summed E-state index contributed by atoms with van der Waals surface area (Å²) in [4.78, 5) is 19.2. The van der Waals surface area contributed by atoms with Crippen molar-refractivity contribution < 1.29 is 4.79 Å². The molecule has 4 heterocycles. The molecule has 5 nitrogen and oxygen atoms in total. The first-order chi connectivity index (χ1) is 9.74. The van der Waals surface area contributed by atoms with Gasteiger partial charge in [-0.1, -0.05) is 6.07 Å². The number of amides is 1. The average molecular weight is 270 g/mol. The van der Waals surface area contributed by atoms with Crippen LogP contribution < -0.4 is 5.32 Å². The van der Waals surface area contributed by atoms with Gasteiger partial charge in [-0.05, 0) is 50.4 Å². The van der Waals surface area contributed by atoms with Crippen LogP contribution in [0.4, 0.5) is 5.82 Å². The van der Waals surface area contributed by atoms with E-state index in [0.717, 1.165) is 43.0 Å². The van der Waals surface area contributed by atoms with Crippen LogP contribution in [0.5, 0.6) is 0 Å². The maximum atomic E-state index is 12.5. The van der Waals surface area contributed by atoms with Gasteiger partial charge < -0.3 is 5.32 Å². The van der Waals surface area contributed by atoms with Crippen molar-refractivity contribution in [3.05, 3.63) is 30.1 Å². The van der Waals surface area contributed by atoms with Crippen molar-refractivity contribution in [2.24, 2.45) is 5.92 Å². The molecule has 2 aromatic heterocycles. The van der Waals surface area contributed by atoms with Gasteiger partial charge in [0, 0.05) is 6.20 Å². The number of anilines is 1. The van der Waals surface area contributed by atoms with Gasteiger partial charge in [0.1, 0.15) is 11.5 Å². The lowest BCUT2D eigenvalue weighted by Gasteiger charge is -2.18. The number of aryl methyl sites for hydroxylation is 1. The van der Waals surface area contributed by atoms with Gasteiger partial charge in [0.25, 0.3) is 0 Å². The Labute approximate surface area is 117 Å². The minimum absolute atomic E-state index is 0.0605. The Hall–Kier alpha value is -1.88. The highest BCUT2D eigenvalue weighted by atomic mass is 16.2. The third-order valence-electron chi connectivity index (χ3n) is 4.66. The van der Waals surface area contributed by atoms with E-state index in [1.54, 1.807) is 6.20 Å². The van der Waals surface area contributed by atoms with E-state index >= 15 is 0 Å². The number of imidazole rings is 1. The number of nitrogens with one attached hydrogen (secondary N) is 1. The monoisotopic (exact) mass is 270 g/mol. The molecule has 1 amide bonds. The second-order valence-electron chi connectivity index (χ2n) is 5.84. The van der Waals surface area contributed by atoms with Crippen molar-refractivity contribution in [3.8, 4) is 0 Å². The van der Waals surface area contributed by atoms with Crippen LogP contribution in [0.25, 0.3) is 5.65 Å². The molecule has 0 aromatic carbocycles. The zero-order chi connectivity index (χ0) is 13.7. The Morgan fingerprint density at radius 2 is 2.20 bits per heavy atom. The van der Waals surface area contributed by atoms with Gasteiger partial charge >= 0.3 is 0 Å². The van der Waals surface area contributed by atoms with E-state index in [-0.39, 0.29) is 11.9 Å². The lowest BCUT2D eigenvalue weighted by molar-refractivity contribution is -0.120. The highest BCUT2D eigenvalue weighted by Gasteiger charge is 2.44. The predicted octanol–water partition coefficient (Wildman–Crippen LogP) is 1.68. The van der Waals surface area contributed by atoms with Crippen LogP contribution in [0.15, 0.2) is 24.5 Å². The molecule has 4 rings (SSSR count). The molecule has 2 aliphatic heterocycles. The van der Waals surface area contributed by atoms with E-state index in [1.807, 2.05) is 29.7 Å². The maximum absolute atomic E-state index is 12.5. The van der Waals surface area contributed by atoms with E-state index in [9.17, 15) is 4.79 Å². The molecule has 2 aliphatic rings. The zero-order valence-electron chi connectivity index (χ0n) is 11.5. The molecule has 0 spiro atoms. The number of fused-ring (bicyclic) bond motifs is 3. The van der Waals surface area contributed by atoms with E-state index in [4.69, 9.17) is 0 Å². The van der Waals surface area contributed by atoms with Crippen molar-refractivity contribution >= 4 is 17.4 Å². The molecule has 2 bridgehead atoms. The minimum atomic E-state index is 0.0605. The van der Waals surface area contributed by atoms with Gasteiger partial charge in [0.2, 0.25) is 5.91 Å². The third kappa shape index (κ3) is 1.66. The van der Waals surface area contributed by atoms with Gasteiger partial charge in [-0.15, -0.1) is 0 Å². The summed E-state index contributed by atoms with van der Waals surface area (Å²) in [5.41, 5.74) is 2.01. The topological polar surface area (TPSA) is 49.6 Å². The summed E-state index contributed by atoms with van der Waals surface area (Å²) in [6.45, 7) is 4.15. The number of carbonyl (C=O) groups is 1. The molecule has 0 aliphatic carbocycles. The summed E-state index contributed by atoms with van der Waals surface area (Å²) in [6.07, 6.45) is 6.00. The summed E-state index contributed by atoms with van der Waals surface area (Å²) in [7, 11) is 0. The zero-order valence-corrected chi connectivity index (χ0v) is 11.5. The Balaban J connectivity index is 1.62. The number of piperidine rings is 1. The van der Waals surface area contributed by atoms with Crippen molar-refractivity contribution in [2.75, 3.05) is 18.4 Å². The first kappa shape index (κ1) is 11.9. The molecule has 1 unspecified atom stereocenters. The fraction of sp³-hybridized carbons (Fsp3) is 0.467. The quantitative estimate of drug-likeness (QED) is 0.903. The highest BCUT2D eigenvalue weighted by molar-refractivity contribution is 5.95. The van der Waals surface area contributed by atoms with Crippen LogP contribution in [-0.2, 0) is 4.79 Å². The van der Waals surface area contributed by atoms with Crippen molar-refractivity contribution in [1.82, 2.24) is 14.3 Å². The summed E-state index contributed by atoms with van der Waals surface area (Å²) in [5, 5.41) is 3.05. The summed E-state index contributed by atoms with van der Waals surface area (Å²) in [5.74, 6) is 1.42. The number of rotatable bonds is 2. The van der Waals surface area contributed by atoms with Crippen LogP contribution in [0.1, 0.15) is 18.4 Å². The first-order valence-electron chi connectivity index (χ1n) is 7.21. The number of pyridine rings is 1. The predicted molar refractivity (Wildman–Crippen MR) is 76.6 cm³/mol. The lowest BCUT2D eigenvalue weighted by atomic mass is 9.99. The molecule has 0 radical (unpaired) electrons. The highest BCUT2D eigenvalue weighted by Crippen LogP contribution is 2.34. The number of carbonyl (C=O) groups excluding carboxylic acids is 1. The minimum Gasteiger partial charge on any atom is -0.309 e. The summed E-state index contributed by atoms with van der Waals surface area (Å²) >= 11 is 0. The Bertz CT molecular complexity index is 658. The molecule has 1 N–H and O–H groups in total. The van der Waals surface area contributed by atoms with Gasteiger partial charge in [0.15, 0.2) is 0 Å². The number of aromatic nitrogens is 2. The standard InChI is InChI=1S/C15H18N4O/c1-10-3-2-6-19-12(9-16-14(10)19)17-15(20)13-11-4-7-18(13)8-5-11/h2-3,6,9,11,13H,4-5,7-8H2,1H3,(H,17,20). The van der Waals surface area contributed by atoms with Crippen LogP contribution >= 0.6 is 0 Å². The van der Waals surface area contributed by atoms with E-state index < -0.39 is 0 Å². The SMILES string of the molecule is Cc1cccn2c(NC(=O)C3C4CCN3CC4)cnc12. The van der Waals surface area contributed by atoms with Gasteiger partial charge in [0.05, 0.1) is 12.2 Å². The maximum Gasteiger partial charge on any atom is 0.243 e. The second-order valence-corrected chi connectivity index (χ2v) is 5.84. The smallest absolute Gasteiger partial charge is 0.243 e. The summed E-state index contributed by atoms with van der Waals surface area (Å²) in [6, 6.07) is 4.06. The van der Waals surface area contributed by atoms with E-state index in [2.05, 4.69) is 15.2 Å². The van der Waals surface area contributed by atoms with E-state index in [0.29, 0.717) is 5.92 Å². The lowest BCUT2D eigenvalue weighted by Crippen LogP contribution is -2.37. The molecule has 2 aromatic rings. The Morgan fingerprint density at radius 3 is 2.90 bits per heavy atom. The molecule has 2 fully saturated rings. The fourth-order valence-electron chi connectivity index (χ4n) is 3.64. The van der Waals surface area contributed by atoms with Gasteiger partial charge in [-0.2, -0.15) is 0 Å². The number of hydrogen-bond acceptors (Lipinski definition) is 3. The number of hydrogen-bond donors (Lipinski definition) is 1. The van der Waals surface area contributed by atoms with Crippen molar-refractivity contribution in [2.45, 2.75) is 25.8 Å². The van der Waals surface area contributed by atoms with Crippen molar-refractivity contribution in [1.29, 1.82) is 0 Å². The fourth-order valence-corrected chi connectivity index (χ4v) is 3.64. The molecule has 20 heavy (non-hydrogen) atoms. The van der Waals surface area contributed by atoms with Crippen LogP contribution in [0, 0.1) is 12.8 Å². The van der Waals surface area contributed by atoms with Gasteiger partial charge in [-0.25, -0.2) is 4.98 Å². The molecular formula is C15H18N4O. The van der Waals surface area contributed by atoms with Crippen LogP contribution in [0.3, 0.4) is 0 Å². The molecule has 5 heteroatoms. The number of nitrogens with zero attached hydrogens (tertiary/aromatic N) is 3. The van der Waals surface area contributed by atoms with E-state index in [1.165, 1.54) is 0 Å². The summed E-state index contributed by atoms with van der Waals surface area (Å²) < 4.78 is 1.94. The molecule has 2 saturated heterocycles. The third-order valence-corrected chi connectivity index (χ3v) is 4.66. The first-order valence-corrected chi connectivity index (χ1v) is 7.21. The molecular weight excluding hydrogens is 252 g/mol. The second kappa shape index (κ2) is 4.31. The molecule has 0 saturated carbocycles. The molecule has 1 atom stereocenters. The van der Waals surface area contributed by atoms with Crippen LogP contribution in [0.2, 0.25) is 0 Å².